The zero-order valence-corrected chi connectivity index (χ0v) is 17.8. The highest BCUT2D eigenvalue weighted by molar-refractivity contribution is 5.93. The van der Waals surface area contributed by atoms with Gasteiger partial charge in [-0.2, -0.15) is 0 Å². The summed E-state index contributed by atoms with van der Waals surface area (Å²) < 4.78 is 10.6. The maximum Gasteiger partial charge on any atom is 0.338 e. The third-order valence-electron chi connectivity index (χ3n) is 6.06. The molecule has 0 unspecified atom stereocenters. The maximum atomic E-state index is 12.1. The number of benzene rings is 1. The topological polar surface area (TPSA) is 59.1 Å². The molecule has 0 radical (unpaired) electrons. The van der Waals surface area contributed by atoms with Crippen molar-refractivity contribution in [2.45, 2.75) is 25.2 Å². The molecule has 6 heteroatoms. The second-order valence-corrected chi connectivity index (χ2v) is 8.02. The monoisotopic (exact) mass is 420 g/mol. The number of allylic oxidation sites excluding steroid dienone is 4. The van der Waals surface area contributed by atoms with Gasteiger partial charge in [-0.1, -0.05) is 30.4 Å². The fourth-order valence-corrected chi connectivity index (χ4v) is 4.32. The summed E-state index contributed by atoms with van der Waals surface area (Å²) in [5.74, 6) is 0.952. The number of ketones is 1. The first-order valence-electron chi connectivity index (χ1n) is 10.7. The van der Waals surface area contributed by atoms with Crippen LogP contribution in [0.15, 0.2) is 72.5 Å². The smallest absolute Gasteiger partial charge is 0.338 e. The lowest BCUT2D eigenvalue weighted by molar-refractivity contribution is -0.114. The van der Waals surface area contributed by atoms with E-state index in [1.807, 2.05) is 36.7 Å². The fraction of sp³-hybridized carbons (Fsp3) is 0.360. The molecule has 1 aromatic rings. The molecule has 4 rings (SSSR count). The van der Waals surface area contributed by atoms with Gasteiger partial charge in [0.05, 0.1) is 12.7 Å². The molecule has 0 amide bonds. The van der Waals surface area contributed by atoms with E-state index in [-0.39, 0.29) is 11.8 Å². The van der Waals surface area contributed by atoms with Crippen LogP contribution in [-0.2, 0) is 14.3 Å². The molecule has 1 aromatic carbocycles. The molecule has 162 valence electrons. The Morgan fingerprint density at radius 3 is 2.77 bits per heavy atom. The van der Waals surface area contributed by atoms with Crippen molar-refractivity contribution in [1.82, 2.24) is 9.80 Å². The van der Waals surface area contributed by atoms with Crippen LogP contribution >= 0.6 is 0 Å². The van der Waals surface area contributed by atoms with Crippen LogP contribution in [0.1, 0.15) is 41.1 Å². The molecular formula is C25H28N2O4. The fourth-order valence-electron chi connectivity index (χ4n) is 4.32. The van der Waals surface area contributed by atoms with Gasteiger partial charge in [-0.25, -0.2) is 4.79 Å². The molecule has 2 aliphatic heterocycles. The highest BCUT2D eigenvalue weighted by Crippen LogP contribution is 2.31. The first kappa shape index (κ1) is 21.1. The normalized spacial score (nSPS) is 19.6. The number of nitrogens with zero attached hydrogens (tertiary/aromatic N) is 2. The Hall–Kier alpha value is -3.12. The molecule has 2 heterocycles. The van der Waals surface area contributed by atoms with Gasteiger partial charge in [0.25, 0.3) is 0 Å². The Morgan fingerprint density at radius 2 is 2.00 bits per heavy atom. The standard InChI is InChI=1S/C25H28N2O4/c1-30-25(29)23-8-3-2-7-22(23)19-9-11-26(12-10-19)13-14-27-15-16-31-24(18-27)20-5-4-6-21(28)17-20/h2-8,15-16,18-19H,9-14,17H2,1H3. The van der Waals surface area contributed by atoms with E-state index in [9.17, 15) is 9.59 Å². The van der Waals surface area contributed by atoms with Gasteiger partial charge in [0.2, 0.25) is 0 Å². The lowest BCUT2D eigenvalue weighted by Gasteiger charge is -2.34. The third kappa shape index (κ3) is 5.14. The molecule has 1 saturated heterocycles. The number of hydrogen-bond donors (Lipinski definition) is 0. The van der Waals surface area contributed by atoms with Crippen molar-refractivity contribution < 1.29 is 19.1 Å². The molecule has 1 fully saturated rings. The summed E-state index contributed by atoms with van der Waals surface area (Å²) >= 11 is 0. The molecule has 0 atom stereocenters. The molecule has 0 spiro atoms. The molecule has 3 aliphatic rings. The summed E-state index contributed by atoms with van der Waals surface area (Å²) in [6.07, 6.45) is 13.3. The zero-order valence-electron chi connectivity index (χ0n) is 17.8. The van der Waals surface area contributed by atoms with Gasteiger partial charge in [-0.05, 0) is 49.6 Å². The lowest BCUT2D eigenvalue weighted by Crippen LogP contribution is -2.37. The largest absolute Gasteiger partial charge is 0.465 e. The quantitative estimate of drug-likeness (QED) is 0.654. The van der Waals surface area contributed by atoms with E-state index in [1.165, 1.54) is 7.11 Å². The third-order valence-corrected chi connectivity index (χ3v) is 6.06. The van der Waals surface area contributed by atoms with Gasteiger partial charge in [-0.3, -0.25) is 4.79 Å². The molecule has 0 aromatic heterocycles. The second kappa shape index (κ2) is 9.79. The Bertz CT molecular complexity index is 952. The summed E-state index contributed by atoms with van der Waals surface area (Å²) in [4.78, 5) is 28.3. The summed E-state index contributed by atoms with van der Waals surface area (Å²) in [5.41, 5.74) is 2.69. The lowest BCUT2D eigenvalue weighted by atomic mass is 9.86. The Labute approximate surface area is 183 Å². The van der Waals surface area contributed by atoms with Gasteiger partial charge in [0.1, 0.15) is 12.0 Å². The molecule has 1 aliphatic carbocycles. The van der Waals surface area contributed by atoms with Crippen LogP contribution in [0, 0.1) is 0 Å². The molecular weight excluding hydrogens is 392 g/mol. The molecule has 0 saturated carbocycles. The summed E-state index contributed by atoms with van der Waals surface area (Å²) in [7, 11) is 1.43. The average Bonchev–Trinajstić information content (AvgIpc) is 2.83. The Kier molecular flexibility index (Phi) is 6.67. The second-order valence-electron chi connectivity index (χ2n) is 8.02. The van der Waals surface area contributed by atoms with Crippen LogP contribution in [-0.4, -0.2) is 54.8 Å². The Balaban J connectivity index is 1.30. The number of methoxy groups -OCH3 is 1. The highest BCUT2D eigenvalue weighted by Gasteiger charge is 2.25. The van der Waals surface area contributed by atoms with E-state index in [0.717, 1.165) is 55.9 Å². The molecule has 31 heavy (non-hydrogen) atoms. The van der Waals surface area contributed by atoms with Crippen molar-refractivity contribution in [3.05, 3.63) is 83.6 Å². The van der Waals surface area contributed by atoms with Crippen LogP contribution in [0.2, 0.25) is 0 Å². The van der Waals surface area contributed by atoms with Crippen molar-refractivity contribution >= 4 is 11.8 Å². The van der Waals surface area contributed by atoms with Gasteiger partial charge in [0.15, 0.2) is 5.78 Å². The van der Waals surface area contributed by atoms with Crippen LogP contribution in [0.3, 0.4) is 0 Å². The number of ether oxygens (including phenoxy) is 2. The minimum atomic E-state index is -0.259. The van der Waals surface area contributed by atoms with E-state index < -0.39 is 0 Å². The van der Waals surface area contributed by atoms with Crippen LogP contribution in [0.5, 0.6) is 0 Å². The predicted octanol–water partition coefficient (Wildman–Crippen LogP) is 3.75. The summed E-state index contributed by atoms with van der Waals surface area (Å²) in [6, 6.07) is 7.79. The Morgan fingerprint density at radius 1 is 1.19 bits per heavy atom. The van der Waals surface area contributed by atoms with Crippen LogP contribution < -0.4 is 0 Å². The van der Waals surface area contributed by atoms with E-state index in [2.05, 4.69) is 15.9 Å². The minimum Gasteiger partial charge on any atom is -0.465 e. The summed E-state index contributed by atoms with van der Waals surface area (Å²) in [6.45, 7) is 3.78. The van der Waals surface area contributed by atoms with Crippen molar-refractivity contribution in [2.75, 3.05) is 33.3 Å². The number of hydrogen-bond acceptors (Lipinski definition) is 6. The number of likely N-dealkylation sites (tertiary alicyclic amines) is 1. The van der Waals surface area contributed by atoms with Crippen LogP contribution in [0.25, 0.3) is 0 Å². The zero-order chi connectivity index (χ0) is 21.6. The average molecular weight is 421 g/mol. The predicted molar refractivity (Wildman–Crippen MR) is 118 cm³/mol. The van der Waals surface area contributed by atoms with Crippen molar-refractivity contribution in [1.29, 1.82) is 0 Å². The van der Waals surface area contributed by atoms with Gasteiger partial charge in [0, 0.05) is 37.5 Å². The van der Waals surface area contributed by atoms with Crippen molar-refractivity contribution in [3.8, 4) is 0 Å². The number of esters is 1. The van der Waals surface area contributed by atoms with Crippen LogP contribution in [0.4, 0.5) is 0 Å². The van der Waals surface area contributed by atoms with Crippen molar-refractivity contribution in [3.63, 3.8) is 0 Å². The maximum absolute atomic E-state index is 12.1. The number of carbonyl (C=O) groups excluding carboxylic acids is 2. The molecule has 6 nitrogen and oxygen atoms in total. The first-order chi connectivity index (χ1) is 15.1. The molecule has 0 N–H and O–H groups in total. The van der Waals surface area contributed by atoms with E-state index in [1.54, 1.807) is 18.4 Å². The van der Waals surface area contributed by atoms with Gasteiger partial charge >= 0.3 is 5.97 Å². The number of rotatable bonds is 6. The van der Waals surface area contributed by atoms with Crippen molar-refractivity contribution in [2.24, 2.45) is 0 Å². The van der Waals surface area contributed by atoms with E-state index >= 15 is 0 Å². The SMILES string of the molecule is COC(=O)c1ccccc1C1CCN(CCN2C=COC(C3=CC=CC(=O)C3)=C2)CC1. The number of carbonyl (C=O) groups is 2. The van der Waals surface area contributed by atoms with Gasteiger partial charge < -0.3 is 19.3 Å². The van der Waals surface area contributed by atoms with E-state index in [0.29, 0.717) is 17.9 Å². The molecule has 0 bridgehead atoms. The first-order valence-corrected chi connectivity index (χ1v) is 10.7. The number of piperidine rings is 1. The minimum absolute atomic E-state index is 0.0970. The summed E-state index contributed by atoms with van der Waals surface area (Å²) in [5, 5.41) is 0. The van der Waals surface area contributed by atoms with E-state index in [4.69, 9.17) is 9.47 Å². The highest BCUT2D eigenvalue weighted by atomic mass is 16.5. The van der Waals surface area contributed by atoms with Gasteiger partial charge in [-0.15, -0.1) is 0 Å².